The van der Waals surface area contributed by atoms with Gasteiger partial charge in [0.05, 0.1) is 0 Å². The van der Waals surface area contributed by atoms with E-state index in [-0.39, 0.29) is 0 Å². The zero-order chi connectivity index (χ0) is 10.8. The van der Waals surface area contributed by atoms with Crippen LogP contribution in [0.2, 0.25) is 0 Å². The number of nitrogens with one attached hydrogen (secondary N) is 1. The minimum Gasteiger partial charge on any atom is -0.311 e. The third kappa shape index (κ3) is 2.48. The third-order valence-corrected chi connectivity index (χ3v) is 3.63. The molecule has 0 bridgehead atoms. The SMILES string of the molecule is CCC1CN(C(C)CC)C(C)(C)CN1. The fourth-order valence-corrected chi connectivity index (χ4v) is 2.32. The van der Waals surface area contributed by atoms with E-state index in [1.165, 1.54) is 19.4 Å². The highest BCUT2D eigenvalue weighted by molar-refractivity contribution is 4.94. The largest absolute Gasteiger partial charge is 0.311 e. The normalized spacial score (nSPS) is 30.2. The Bertz CT molecular complexity index is 177. The molecule has 1 aliphatic rings. The van der Waals surface area contributed by atoms with Gasteiger partial charge in [0.25, 0.3) is 0 Å². The Kier molecular flexibility index (Phi) is 3.96. The van der Waals surface area contributed by atoms with E-state index in [0.29, 0.717) is 17.6 Å². The van der Waals surface area contributed by atoms with Gasteiger partial charge in [-0.05, 0) is 33.6 Å². The van der Waals surface area contributed by atoms with Crippen molar-refractivity contribution >= 4 is 0 Å². The molecule has 0 aromatic rings. The Hall–Kier alpha value is -0.0800. The van der Waals surface area contributed by atoms with Crippen molar-refractivity contribution in [3.63, 3.8) is 0 Å². The molecule has 1 heterocycles. The van der Waals surface area contributed by atoms with Gasteiger partial charge in [-0.3, -0.25) is 4.90 Å². The number of piperazine rings is 1. The quantitative estimate of drug-likeness (QED) is 0.748. The van der Waals surface area contributed by atoms with Gasteiger partial charge in [-0.1, -0.05) is 13.8 Å². The molecule has 2 atom stereocenters. The zero-order valence-corrected chi connectivity index (χ0v) is 10.4. The van der Waals surface area contributed by atoms with Crippen LogP contribution in [0.1, 0.15) is 47.5 Å². The number of hydrogen-bond donors (Lipinski definition) is 1. The Morgan fingerprint density at radius 3 is 2.57 bits per heavy atom. The predicted molar refractivity (Wildman–Crippen MR) is 62.6 cm³/mol. The molecule has 0 aromatic heterocycles. The Morgan fingerprint density at radius 2 is 2.07 bits per heavy atom. The maximum Gasteiger partial charge on any atom is 0.0281 e. The molecule has 0 radical (unpaired) electrons. The fourth-order valence-electron chi connectivity index (χ4n) is 2.32. The van der Waals surface area contributed by atoms with Crippen molar-refractivity contribution in [2.45, 2.75) is 65.1 Å². The van der Waals surface area contributed by atoms with E-state index in [2.05, 4.69) is 44.8 Å². The van der Waals surface area contributed by atoms with Gasteiger partial charge in [-0.25, -0.2) is 0 Å². The van der Waals surface area contributed by atoms with Crippen molar-refractivity contribution in [3.05, 3.63) is 0 Å². The highest BCUT2D eigenvalue weighted by Gasteiger charge is 2.35. The van der Waals surface area contributed by atoms with Crippen LogP contribution < -0.4 is 5.32 Å². The second-order valence-corrected chi connectivity index (χ2v) is 5.21. The van der Waals surface area contributed by atoms with Crippen molar-refractivity contribution < 1.29 is 0 Å². The lowest BCUT2D eigenvalue weighted by Gasteiger charge is -2.49. The minimum absolute atomic E-state index is 0.321. The van der Waals surface area contributed by atoms with Crippen molar-refractivity contribution in [2.75, 3.05) is 13.1 Å². The Balaban J connectivity index is 2.66. The lowest BCUT2D eigenvalue weighted by Crippen LogP contribution is -2.63. The van der Waals surface area contributed by atoms with E-state index in [9.17, 15) is 0 Å². The molecule has 2 unspecified atom stereocenters. The van der Waals surface area contributed by atoms with Gasteiger partial charge in [0.15, 0.2) is 0 Å². The summed E-state index contributed by atoms with van der Waals surface area (Å²) in [7, 11) is 0. The molecule has 0 spiro atoms. The summed E-state index contributed by atoms with van der Waals surface area (Å²) in [5, 5.41) is 3.63. The molecule has 2 heteroatoms. The molecule has 1 saturated heterocycles. The second-order valence-electron chi connectivity index (χ2n) is 5.21. The van der Waals surface area contributed by atoms with E-state index in [0.717, 1.165) is 6.54 Å². The molecular weight excluding hydrogens is 172 g/mol. The number of hydrogen-bond acceptors (Lipinski definition) is 2. The van der Waals surface area contributed by atoms with Gasteiger partial charge >= 0.3 is 0 Å². The predicted octanol–water partition coefficient (Wildman–Crippen LogP) is 2.25. The maximum absolute atomic E-state index is 3.63. The molecule has 2 nitrogen and oxygen atoms in total. The average molecular weight is 198 g/mol. The summed E-state index contributed by atoms with van der Waals surface area (Å²) in [6.07, 6.45) is 2.49. The smallest absolute Gasteiger partial charge is 0.0281 e. The highest BCUT2D eigenvalue weighted by Crippen LogP contribution is 2.23. The summed E-state index contributed by atoms with van der Waals surface area (Å²) in [4.78, 5) is 2.66. The summed E-state index contributed by atoms with van der Waals surface area (Å²) >= 11 is 0. The summed E-state index contributed by atoms with van der Waals surface area (Å²) in [6.45, 7) is 13.9. The summed E-state index contributed by atoms with van der Waals surface area (Å²) in [6, 6.07) is 1.40. The maximum atomic E-state index is 3.63. The van der Waals surface area contributed by atoms with Crippen LogP contribution >= 0.6 is 0 Å². The molecule has 1 rings (SSSR count). The monoisotopic (exact) mass is 198 g/mol. The summed E-state index contributed by atoms with van der Waals surface area (Å²) in [5.41, 5.74) is 0.321. The van der Waals surface area contributed by atoms with Gasteiger partial charge in [-0.15, -0.1) is 0 Å². The number of rotatable bonds is 3. The highest BCUT2D eigenvalue weighted by atomic mass is 15.3. The topological polar surface area (TPSA) is 15.3 Å². The Labute approximate surface area is 89.1 Å². The van der Waals surface area contributed by atoms with E-state index < -0.39 is 0 Å². The van der Waals surface area contributed by atoms with Crippen molar-refractivity contribution in [1.82, 2.24) is 10.2 Å². The lowest BCUT2D eigenvalue weighted by molar-refractivity contribution is 0.0292. The van der Waals surface area contributed by atoms with Gasteiger partial charge in [0, 0.05) is 30.7 Å². The molecular formula is C12H26N2. The first-order valence-electron chi connectivity index (χ1n) is 6.01. The molecule has 1 aliphatic heterocycles. The van der Waals surface area contributed by atoms with Gasteiger partial charge < -0.3 is 5.32 Å². The summed E-state index contributed by atoms with van der Waals surface area (Å²) in [5.74, 6) is 0. The van der Waals surface area contributed by atoms with Crippen molar-refractivity contribution in [1.29, 1.82) is 0 Å². The van der Waals surface area contributed by atoms with Crippen LogP contribution in [0.5, 0.6) is 0 Å². The van der Waals surface area contributed by atoms with Crippen molar-refractivity contribution in [3.8, 4) is 0 Å². The van der Waals surface area contributed by atoms with Crippen LogP contribution in [0, 0.1) is 0 Å². The molecule has 0 saturated carbocycles. The third-order valence-electron chi connectivity index (χ3n) is 3.63. The van der Waals surface area contributed by atoms with Crippen LogP contribution in [-0.4, -0.2) is 35.6 Å². The van der Waals surface area contributed by atoms with Crippen LogP contribution in [0.15, 0.2) is 0 Å². The molecule has 84 valence electrons. The fraction of sp³-hybridized carbons (Fsp3) is 1.00. The second kappa shape index (κ2) is 4.63. The average Bonchev–Trinajstić information content (AvgIpc) is 2.16. The van der Waals surface area contributed by atoms with Crippen LogP contribution in [0.3, 0.4) is 0 Å². The van der Waals surface area contributed by atoms with Gasteiger partial charge in [0.2, 0.25) is 0 Å². The summed E-state index contributed by atoms with van der Waals surface area (Å²) < 4.78 is 0. The molecule has 1 fully saturated rings. The molecule has 0 aliphatic carbocycles. The van der Waals surface area contributed by atoms with Crippen molar-refractivity contribution in [2.24, 2.45) is 0 Å². The lowest BCUT2D eigenvalue weighted by atomic mass is 9.94. The first kappa shape index (κ1) is 12.0. The first-order chi connectivity index (χ1) is 6.51. The van der Waals surface area contributed by atoms with E-state index in [1.54, 1.807) is 0 Å². The number of nitrogens with zero attached hydrogens (tertiary/aromatic N) is 1. The first-order valence-corrected chi connectivity index (χ1v) is 6.01. The van der Waals surface area contributed by atoms with E-state index >= 15 is 0 Å². The molecule has 14 heavy (non-hydrogen) atoms. The zero-order valence-electron chi connectivity index (χ0n) is 10.4. The van der Waals surface area contributed by atoms with Crippen LogP contribution in [0.4, 0.5) is 0 Å². The molecule has 0 aromatic carbocycles. The van der Waals surface area contributed by atoms with Crippen LogP contribution in [-0.2, 0) is 0 Å². The van der Waals surface area contributed by atoms with E-state index in [1.807, 2.05) is 0 Å². The standard InChI is InChI=1S/C12H26N2/c1-6-10(3)14-8-11(7-2)13-9-12(14,4)5/h10-11,13H,6-9H2,1-5H3. The minimum atomic E-state index is 0.321. The van der Waals surface area contributed by atoms with Gasteiger partial charge in [-0.2, -0.15) is 0 Å². The Morgan fingerprint density at radius 1 is 1.43 bits per heavy atom. The van der Waals surface area contributed by atoms with Crippen LogP contribution in [0.25, 0.3) is 0 Å². The van der Waals surface area contributed by atoms with Gasteiger partial charge in [0.1, 0.15) is 0 Å². The van der Waals surface area contributed by atoms with E-state index in [4.69, 9.17) is 0 Å². The molecule has 1 N–H and O–H groups in total. The molecule has 0 amide bonds.